The van der Waals surface area contributed by atoms with Gasteiger partial charge in [-0.2, -0.15) is 10.1 Å². The summed E-state index contributed by atoms with van der Waals surface area (Å²) < 4.78 is 1.85. The van der Waals surface area contributed by atoms with Crippen molar-refractivity contribution in [3.63, 3.8) is 0 Å². The maximum Gasteiger partial charge on any atom is 0.254 e. The van der Waals surface area contributed by atoms with Gasteiger partial charge in [-0.3, -0.25) is 14.4 Å². The second-order valence-corrected chi connectivity index (χ2v) is 8.88. The molecule has 3 aliphatic rings. The van der Waals surface area contributed by atoms with Crippen molar-refractivity contribution in [2.45, 2.75) is 13.0 Å². The molecule has 2 aliphatic carbocycles. The maximum absolute atomic E-state index is 12.9. The van der Waals surface area contributed by atoms with Crippen molar-refractivity contribution >= 4 is 40.5 Å². The van der Waals surface area contributed by atoms with Gasteiger partial charge in [0.15, 0.2) is 0 Å². The number of hydrazone groups is 1. The third kappa shape index (κ3) is 3.19. The number of hydrogen-bond donors (Lipinski definition) is 1. The minimum absolute atomic E-state index is 0.129. The molecule has 4 atom stereocenters. The summed E-state index contributed by atoms with van der Waals surface area (Å²) in [5.41, 5.74) is 2.36. The van der Waals surface area contributed by atoms with Crippen LogP contribution in [0.2, 0.25) is 0 Å². The molecule has 2 aromatic carbocycles. The van der Waals surface area contributed by atoms with Crippen molar-refractivity contribution in [2.75, 3.05) is 5.32 Å². The molecule has 0 radical (unpaired) electrons. The van der Waals surface area contributed by atoms with Gasteiger partial charge in [0.2, 0.25) is 5.91 Å². The zero-order valence-electron chi connectivity index (χ0n) is 17.8. The van der Waals surface area contributed by atoms with Crippen LogP contribution >= 0.6 is 0 Å². The van der Waals surface area contributed by atoms with Gasteiger partial charge in [0.05, 0.1) is 18.1 Å². The van der Waals surface area contributed by atoms with Crippen LogP contribution < -0.4 is 5.32 Å². The molecule has 0 unspecified atom stereocenters. The topological polar surface area (TPSA) is 83.8 Å². The molecule has 2 bridgehead atoms. The lowest BCUT2D eigenvalue weighted by atomic mass is 9.85. The van der Waals surface area contributed by atoms with Crippen LogP contribution in [0.5, 0.6) is 0 Å². The predicted molar refractivity (Wildman–Crippen MR) is 124 cm³/mol. The summed E-state index contributed by atoms with van der Waals surface area (Å²) in [4.78, 5) is 38.4. The molecule has 6 rings (SSSR count). The second kappa shape index (κ2) is 7.55. The first-order chi connectivity index (χ1) is 16.1. The molecule has 1 N–H and O–H groups in total. The minimum Gasteiger partial charge on any atom is -0.337 e. The van der Waals surface area contributed by atoms with Crippen LogP contribution in [-0.4, -0.2) is 33.5 Å². The van der Waals surface area contributed by atoms with Crippen LogP contribution in [0.3, 0.4) is 0 Å². The van der Waals surface area contributed by atoms with Gasteiger partial charge < -0.3 is 9.88 Å². The van der Waals surface area contributed by atoms with E-state index in [0.717, 1.165) is 33.6 Å². The quantitative estimate of drug-likeness (QED) is 0.376. The first-order valence-electron chi connectivity index (χ1n) is 11.1. The summed E-state index contributed by atoms with van der Waals surface area (Å²) in [5.74, 6) is -0.789. The molecule has 1 aromatic heterocycles. The van der Waals surface area contributed by atoms with Gasteiger partial charge in [-0.1, -0.05) is 48.6 Å². The predicted octanol–water partition coefficient (Wildman–Crippen LogP) is 3.42. The number of carbonyl (C=O) groups is 3. The van der Waals surface area contributed by atoms with E-state index >= 15 is 0 Å². The van der Waals surface area contributed by atoms with E-state index in [-0.39, 0.29) is 47.9 Å². The summed E-state index contributed by atoms with van der Waals surface area (Å²) in [5, 5.41) is 9.15. The van der Waals surface area contributed by atoms with Crippen LogP contribution in [0.4, 0.5) is 5.69 Å². The highest BCUT2D eigenvalue weighted by Crippen LogP contribution is 2.52. The van der Waals surface area contributed by atoms with E-state index < -0.39 is 0 Å². The second-order valence-electron chi connectivity index (χ2n) is 8.88. The van der Waals surface area contributed by atoms with Gasteiger partial charge in [-0.05, 0) is 36.5 Å². The number of nitrogens with one attached hydrogen (secondary N) is 1. The van der Waals surface area contributed by atoms with Gasteiger partial charge in [0.1, 0.15) is 6.54 Å². The summed E-state index contributed by atoms with van der Waals surface area (Å²) >= 11 is 0. The number of aromatic nitrogens is 1. The Balaban J connectivity index is 1.25. The van der Waals surface area contributed by atoms with Crippen molar-refractivity contribution in [3.05, 3.63) is 78.5 Å². The third-order valence-electron chi connectivity index (χ3n) is 6.95. The molecular weight excluding hydrogens is 416 g/mol. The lowest BCUT2D eigenvalue weighted by Gasteiger charge is -2.13. The number of carbonyl (C=O) groups excluding carboxylic acids is 3. The Hall–Kier alpha value is -4.00. The van der Waals surface area contributed by atoms with E-state index in [2.05, 4.69) is 22.6 Å². The lowest BCUT2D eigenvalue weighted by Crippen LogP contribution is -2.28. The van der Waals surface area contributed by atoms with Gasteiger partial charge in [-0.25, -0.2) is 0 Å². The molecular formula is C26H22N4O3. The van der Waals surface area contributed by atoms with Crippen molar-refractivity contribution in [3.8, 4) is 0 Å². The first kappa shape index (κ1) is 19.7. The van der Waals surface area contributed by atoms with Crippen LogP contribution in [0.25, 0.3) is 10.9 Å². The van der Waals surface area contributed by atoms with Crippen LogP contribution in [0.1, 0.15) is 12.0 Å². The molecule has 7 heteroatoms. The first-order valence-corrected chi connectivity index (χ1v) is 11.1. The Bertz CT molecular complexity index is 1310. The van der Waals surface area contributed by atoms with Crippen LogP contribution in [0.15, 0.2) is 78.0 Å². The molecule has 0 spiro atoms. The van der Waals surface area contributed by atoms with Gasteiger partial charge >= 0.3 is 0 Å². The standard InChI is InChI=1S/C26H22N4O3/c31-22(28-19-6-2-1-3-7-19)15-29-14-18(20-8-4-5-9-21(20)29)13-27-30-25(32)23-16-10-11-17(12-16)24(23)26(30)33/h1-11,13-14,16-17,23-24H,12,15H2,(H,28,31)/t16-,17-,23-,24+/m0/s1. The monoisotopic (exact) mass is 438 g/mol. The van der Waals surface area contributed by atoms with E-state index in [1.165, 1.54) is 0 Å². The van der Waals surface area contributed by atoms with Crippen molar-refractivity contribution in [1.82, 2.24) is 9.58 Å². The number of hydrogen-bond acceptors (Lipinski definition) is 4. The zero-order valence-corrected chi connectivity index (χ0v) is 17.8. The summed E-state index contributed by atoms with van der Waals surface area (Å²) in [6.07, 6.45) is 8.41. The van der Waals surface area contributed by atoms with Gasteiger partial charge in [0.25, 0.3) is 11.8 Å². The lowest BCUT2D eigenvalue weighted by molar-refractivity contribution is -0.140. The average molecular weight is 438 g/mol. The molecule has 1 saturated heterocycles. The Morgan fingerprint density at radius 2 is 1.64 bits per heavy atom. The zero-order chi connectivity index (χ0) is 22.5. The Morgan fingerprint density at radius 3 is 2.36 bits per heavy atom. The largest absolute Gasteiger partial charge is 0.337 e. The number of benzene rings is 2. The highest BCUT2D eigenvalue weighted by molar-refractivity contribution is 6.08. The molecule has 164 valence electrons. The molecule has 1 aliphatic heterocycles. The van der Waals surface area contributed by atoms with Crippen LogP contribution in [-0.2, 0) is 20.9 Å². The third-order valence-corrected chi connectivity index (χ3v) is 6.95. The minimum atomic E-state index is -0.271. The van der Waals surface area contributed by atoms with Crippen molar-refractivity contribution in [1.29, 1.82) is 0 Å². The van der Waals surface area contributed by atoms with E-state index in [9.17, 15) is 14.4 Å². The van der Waals surface area contributed by atoms with E-state index in [1.54, 1.807) is 6.21 Å². The van der Waals surface area contributed by atoms with E-state index in [1.807, 2.05) is 65.4 Å². The molecule has 1 saturated carbocycles. The fraction of sp³-hybridized carbons (Fsp3) is 0.231. The normalized spacial score (nSPS) is 25.5. The maximum atomic E-state index is 12.9. The molecule has 7 nitrogen and oxygen atoms in total. The number of imide groups is 1. The summed E-state index contributed by atoms with van der Waals surface area (Å²) in [7, 11) is 0. The Morgan fingerprint density at radius 1 is 0.970 bits per heavy atom. The SMILES string of the molecule is O=C(Cn1cc(C=NN2C(=O)[C@@H]3[C@H](C2=O)[C@H]2C=C[C@H]3C2)c2ccccc21)Nc1ccccc1. The molecule has 2 heterocycles. The van der Waals surface area contributed by atoms with Gasteiger partial charge in [-0.15, -0.1) is 0 Å². The number of fused-ring (bicyclic) bond motifs is 6. The smallest absolute Gasteiger partial charge is 0.254 e. The number of para-hydroxylation sites is 2. The van der Waals surface area contributed by atoms with Crippen molar-refractivity contribution in [2.24, 2.45) is 28.8 Å². The Kier molecular flexibility index (Phi) is 4.50. The van der Waals surface area contributed by atoms with Gasteiger partial charge in [0, 0.05) is 28.4 Å². The van der Waals surface area contributed by atoms with E-state index in [0.29, 0.717) is 0 Å². The van der Waals surface area contributed by atoms with E-state index in [4.69, 9.17) is 0 Å². The fourth-order valence-electron chi connectivity index (χ4n) is 5.51. The molecule has 33 heavy (non-hydrogen) atoms. The number of rotatable bonds is 5. The Labute approximate surface area is 190 Å². The summed E-state index contributed by atoms with van der Waals surface area (Å²) in [6.45, 7) is 0.129. The molecule has 2 fully saturated rings. The van der Waals surface area contributed by atoms with Crippen molar-refractivity contribution < 1.29 is 14.4 Å². The highest BCUT2D eigenvalue weighted by atomic mass is 16.2. The number of nitrogens with zero attached hydrogens (tertiary/aromatic N) is 3. The highest BCUT2D eigenvalue weighted by Gasteiger charge is 2.59. The number of amides is 3. The molecule has 3 amide bonds. The molecule has 3 aromatic rings. The summed E-state index contributed by atoms with van der Waals surface area (Å²) in [6, 6.07) is 17.0. The number of anilines is 1. The average Bonchev–Trinajstić information content (AvgIpc) is 3.57. The fourth-order valence-corrected chi connectivity index (χ4v) is 5.51. The number of allylic oxidation sites excluding steroid dienone is 2. The van der Waals surface area contributed by atoms with Crippen LogP contribution in [0, 0.1) is 23.7 Å².